The second-order valence-corrected chi connectivity index (χ2v) is 12.8. The molecule has 0 spiro atoms. The molecule has 4 heteroatoms. The predicted octanol–water partition coefficient (Wildman–Crippen LogP) is 9.46. The van der Waals surface area contributed by atoms with Gasteiger partial charge in [-0.05, 0) is 95.1 Å². The molecule has 0 N–H and O–H groups in total. The Kier molecular flexibility index (Phi) is 4.61. The Morgan fingerprint density at radius 2 is 0.969 bits per heavy atom. The van der Waals surface area contributed by atoms with E-state index in [4.69, 9.17) is 0 Å². The normalized spacial score (nSPS) is 12.2. The van der Waals surface area contributed by atoms with E-state index in [0.717, 1.165) is 25.7 Å². The highest BCUT2D eigenvalue weighted by Crippen LogP contribution is 2.55. The van der Waals surface area contributed by atoms with Gasteiger partial charge in [0.1, 0.15) is 0 Å². The lowest BCUT2D eigenvalue weighted by atomic mass is 9.77. The van der Waals surface area contributed by atoms with Crippen LogP contribution in [0.3, 0.4) is 0 Å². The summed E-state index contributed by atoms with van der Waals surface area (Å²) >= 11 is 7.68. The Hall–Kier alpha value is -2.24. The monoisotopic (exact) mass is 484 g/mol. The maximum atomic E-state index is 2.46. The Labute approximate surface area is 203 Å². The van der Waals surface area contributed by atoms with Crippen molar-refractivity contribution in [1.82, 2.24) is 0 Å². The molecule has 0 bridgehead atoms. The summed E-state index contributed by atoms with van der Waals surface area (Å²) in [5.74, 6) is 0. The Morgan fingerprint density at radius 3 is 1.41 bits per heavy atom. The number of hydrogen-bond donors (Lipinski definition) is 0. The van der Waals surface area contributed by atoms with Crippen LogP contribution in [0.25, 0.3) is 42.4 Å². The van der Waals surface area contributed by atoms with Crippen molar-refractivity contribution in [1.29, 1.82) is 0 Å². The van der Waals surface area contributed by atoms with E-state index in [9.17, 15) is 0 Å². The molecule has 0 aliphatic heterocycles. The molecular formula is C28H20S4. The van der Waals surface area contributed by atoms with E-state index in [1.165, 1.54) is 61.9 Å². The van der Waals surface area contributed by atoms with Crippen molar-refractivity contribution < 1.29 is 0 Å². The van der Waals surface area contributed by atoms with Gasteiger partial charge >= 0.3 is 0 Å². The molecule has 0 fully saturated rings. The third-order valence-corrected chi connectivity index (χ3v) is 10.6. The van der Waals surface area contributed by atoms with E-state index < -0.39 is 0 Å². The van der Waals surface area contributed by atoms with Gasteiger partial charge in [-0.1, -0.05) is 24.3 Å². The standard InChI is InChI=1S/C28H20S4/c1-3-17(29-13-1)5-7-19-15-23-25(31-19)11-9-21-27(23)22-10-12-26-24(28(21)22)16-20(32-26)8-6-18-4-2-14-30-18/h1-4,9-16H,5-8H2. The second-order valence-electron chi connectivity index (χ2n) is 8.38. The minimum absolute atomic E-state index is 1.14. The molecule has 4 heterocycles. The molecule has 156 valence electrons. The fraction of sp³-hybridized carbons (Fsp3) is 0.143. The van der Waals surface area contributed by atoms with Crippen molar-refractivity contribution in [3.63, 3.8) is 0 Å². The van der Waals surface area contributed by atoms with Crippen molar-refractivity contribution in [3.05, 3.63) is 90.9 Å². The van der Waals surface area contributed by atoms with Crippen molar-refractivity contribution in [2.24, 2.45) is 0 Å². The predicted molar refractivity (Wildman–Crippen MR) is 145 cm³/mol. The number of fused-ring (bicyclic) bond motifs is 8. The SMILES string of the molecule is c1csc(CCc2cc3c4c(ccc3s2)-c2c-4ccc3sc(CCc4cccs4)cc23)c1. The van der Waals surface area contributed by atoms with Gasteiger partial charge in [-0.2, -0.15) is 0 Å². The Balaban J connectivity index is 1.22. The highest BCUT2D eigenvalue weighted by atomic mass is 32.1. The fourth-order valence-corrected chi connectivity index (χ4v) is 8.47. The summed E-state index contributed by atoms with van der Waals surface area (Å²) in [5.41, 5.74) is 5.85. The topological polar surface area (TPSA) is 0 Å². The van der Waals surface area contributed by atoms with Gasteiger partial charge in [0.25, 0.3) is 0 Å². The zero-order chi connectivity index (χ0) is 21.1. The number of aryl methyl sites for hydroxylation is 4. The van der Waals surface area contributed by atoms with Crippen molar-refractivity contribution in [2.45, 2.75) is 25.7 Å². The summed E-state index contributed by atoms with van der Waals surface area (Å²) in [4.78, 5) is 5.97. The zero-order valence-corrected chi connectivity index (χ0v) is 20.7. The number of hydrogen-bond acceptors (Lipinski definition) is 4. The smallest absolute Gasteiger partial charge is 0.0352 e. The van der Waals surface area contributed by atoms with Crippen LogP contribution in [-0.2, 0) is 25.7 Å². The molecule has 6 aromatic rings. The third-order valence-electron chi connectivity index (χ3n) is 6.44. The van der Waals surface area contributed by atoms with Crippen LogP contribution >= 0.6 is 45.3 Å². The molecule has 0 saturated heterocycles. The molecular weight excluding hydrogens is 465 g/mol. The molecule has 1 aliphatic carbocycles. The molecule has 2 aromatic carbocycles. The molecule has 0 nitrogen and oxygen atoms in total. The van der Waals surface area contributed by atoms with Gasteiger partial charge in [0.15, 0.2) is 0 Å². The van der Waals surface area contributed by atoms with Crippen LogP contribution in [0.2, 0.25) is 0 Å². The first-order valence-electron chi connectivity index (χ1n) is 11.0. The first-order chi connectivity index (χ1) is 15.8. The van der Waals surface area contributed by atoms with E-state index in [1.54, 1.807) is 0 Å². The summed E-state index contributed by atoms with van der Waals surface area (Å²) in [7, 11) is 0. The maximum Gasteiger partial charge on any atom is 0.0352 e. The van der Waals surface area contributed by atoms with Crippen molar-refractivity contribution >= 4 is 65.5 Å². The van der Waals surface area contributed by atoms with Gasteiger partial charge in [0.2, 0.25) is 0 Å². The van der Waals surface area contributed by atoms with Crippen LogP contribution in [-0.4, -0.2) is 0 Å². The highest BCUT2D eigenvalue weighted by molar-refractivity contribution is 7.19. The van der Waals surface area contributed by atoms with E-state index >= 15 is 0 Å². The number of benzene rings is 2. The molecule has 0 radical (unpaired) electrons. The van der Waals surface area contributed by atoms with E-state index in [1.807, 2.05) is 45.3 Å². The van der Waals surface area contributed by atoms with Gasteiger partial charge < -0.3 is 0 Å². The van der Waals surface area contributed by atoms with Gasteiger partial charge in [0, 0.05) is 39.7 Å². The number of thiophene rings is 4. The van der Waals surface area contributed by atoms with Crippen LogP contribution < -0.4 is 0 Å². The Morgan fingerprint density at radius 1 is 0.500 bits per heavy atom. The van der Waals surface area contributed by atoms with Gasteiger partial charge in [-0.3, -0.25) is 0 Å². The zero-order valence-electron chi connectivity index (χ0n) is 17.4. The first kappa shape index (κ1) is 19.2. The quantitative estimate of drug-likeness (QED) is 0.220. The average molecular weight is 485 g/mol. The molecule has 0 atom stereocenters. The summed E-state index contributed by atoms with van der Waals surface area (Å²) in [6.07, 6.45) is 4.57. The molecule has 4 aromatic heterocycles. The minimum atomic E-state index is 1.14. The molecule has 32 heavy (non-hydrogen) atoms. The van der Waals surface area contributed by atoms with Gasteiger partial charge in [-0.25, -0.2) is 0 Å². The third kappa shape index (κ3) is 3.12. The summed E-state index contributed by atoms with van der Waals surface area (Å²) in [6, 6.07) is 23.2. The van der Waals surface area contributed by atoms with E-state index in [-0.39, 0.29) is 0 Å². The van der Waals surface area contributed by atoms with Gasteiger partial charge in [0.05, 0.1) is 0 Å². The summed E-state index contributed by atoms with van der Waals surface area (Å²) in [5, 5.41) is 7.26. The lowest BCUT2D eigenvalue weighted by molar-refractivity contribution is 1.01. The molecule has 7 rings (SSSR count). The van der Waals surface area contributed by atoms with Crippen molar-refractivity contribution in [3.8, 4) is 22.3 Å². The van der Waals surface area contributed by atoms with Gasteiger partial charge in [-0.15, -0.1) is 45.3 Å². The summed E-state index contributed by atoms with van der Waals surface area (Å²) < 4.78 is 2.86. The maximum absolute atomic E-state index is 2.46. The molecule has 0 saturated carbocycles. The summed E-state index contributed by atoms with van der Waals surface area (Å²) in [6.45, 7) is 0. The average Bonchev–Trinajstić information content (AvgIpc) is 3.58. The number of rotatable bonds is 6. The Bertz CT molecular complexity index is 1420. The lowest BCUT2D eigenvalue weighted by Gasteiger charge is -2.25. The molecule has 0 amide bonds. The van der Waals surface area contributed by atoms with E-state index in [0.29, 0.717) is 0 Å². The lowest BCUT2D eigenvalue weighted by Crippen LogP contribution is -1.99. The largest absolute Gasteiger partial charge is 0.149 e. The second kappa shape index (κ2) is 7.67. The van der Waals surface area contributed by atoms with Crippen LogP contribution in [0.15, 0.2) is 71.4 Å². The molecule has 0 unspecified atom stereocenters. The van der Waals surface area contributed by atoms with Crippen LogP contribution in [0.1, 0.15) is 19.5 Å². The molecule has 1 aliphatic rings. The first-order valence-corrected chi connectivity index (χ1v) is 14.4. The van der Waals surface area contributed by atoms with Crippen LogP contribution in [0.4, 0.5) is 0 Å². The minimum Gasteiger partial charge on any atom is -0.149 e. The van der Waals surface area contributed by atoms with Crippen molar-refractivity contribution in [2.75, 3.05) is 0 Å². The highest BCUT2D eigenvalue weighted by Gasteiger charge is 2.28. The van der Waals surface area contributed by atoms with Crippen LogP contribution in [0.5, 0.6) is 0 Å². The van der Waals surface area contributed by atoms with Crippen LogP contribution in [0, 0.1) is 0 Å². The fourth-order valence-electron chi connectivity index (χ4n) is 4.91. The van der Waals surface area contributed by atoms with E-state index in [2.05, 4.69) is 71.4 Å².